The van der Waals surface area contributed by atoms with E-state index in [4.69, 9.17) is 4.74 Å². The molecule has 7 nitrogen and oxygen atoms in total. The molecule has 144 valence electrons. The summed E-state index contributed by atoms with van der Waals surface area (Å²) in [5, 5.41) is 10.8. The fraction of sp³-hybridized carbons (Fsp3) is 0.588. The van der Waals surface area contributed by atoms with Crippen LogP contribution in [0.4, 0.5) is 25.0 Å². The molecule has 1 heterocycles. The monoisotopic (exact) mass is 371 g/mol. The molecule has 1 aliphatic rings. The number of rotatable bonds is 3. The fourth-order valence-corrected chi connectivity index (χ4v) is 2.89. The molecule has 1 atom stereocenters. The number of alkyl halides is 2. The van der Waals surface area contributed by atoms with E-state index >= 15 is 0 Å². The maximum absolute atomic E-state index is 13.4. The molecule has 2 rings (SSSR count). The van der Waals surface area contributed by atoms with Crippen molar-refractivity contribution in [3.8, 4) is 0 Å². The van der Waals surface area contributed by atoms with Crippen LogP contribution in [0.5, 0.6) is 0 Å². The van der Waals surface area contributed by atoms with Crippen molar-refractivity contribution >= 4 is 17.5 Å². The summed E-state index contributed by atoms with van der Waals surface area (Å²) in [5.41, 5.74) is -1.11. The molecular weight excluding hydrogens is 348 g/mol. The predicted molar refractivity (Wildman–Crippen MR) is 92.7 cm³/mol. The molecule has 0 aromatic heterocycles. The summed E-state index contributed by atoms with van der Waals surface area (Å²) in [4.78, 5) is 25.7. The molecular formula is C17H23F2N3O4. The predicted octanol–water partition coefficient (Wildman–Crippen LogP) is 3.98. The highest BCUT2D eigenvalue weighted by atomic mass is 19.3. The molecule has 0 unspecified atom stereocenters. The Hall–Kier alpha value is -2.45. The molecule has 0 radical (unpaired) electrons. The zero-order valence-electron chi connectivity index (χ0n) is 15.2. The van der Waals surface area contributed by atoms with Gasteiger partial charge in [0, 0.05) is 49.1 Å². The van der Waals surface area contributed by atoms with Gasteiger partial charge in [-0.25, -0.2) is 13.6 Å². The number of piperazine rings is 1. The second kappa shape index (κ2) is 7.43. The number of nitro groups is 1. The van der Waals surface area contributed by atoms with Gasteiger partial charge in [-0.05, 0) is 33.8 Å². The Labute approximate surface area is 150 Å². The zero-order valence-corrected chi connectivity index (χ0v) is 15.2. The fourth-order valence-electron chi connectivity index (χ4n) is 2.89. The van der Waals surface area contributed by atoms with E-state index in [0.29, 0.717) is 19.6 Å². The second-order valence-electron chi connectivity index (χ2n) is 7.27. The molecule has 1 aliphatic heterocycles. The average molecular weight is 371 g/mol. The number of carbonyl (C=O) groups is 1. The maximum atomic E-state index is 13.4. The number of carbonyl (C=O) groups excluding carboxylic acids is 1. The molecule has 0 spiro atoms. The average Bonchev–Trinajstić information content (AvgIpc) is 2.52. The highest BCUT2D eigenvalue weighted by molar-refractivity contribution is 5.69. The number of non-ortho nitro benzene ring substituents is 1. The summed E-state index contributed by atoms with van der Waals surface area (Å²) < 4.78 is 32.1. The third-order valence-corrected chi connectivity index (χ3v) is 4.05. The summed E-state index contributed by atoms with van der Waals surface area (Å²) >= 11 is 0. The minimum atomic E-state index is -2.83. The van der Waals surface area contributed by atoms with E-state index in [9.17, 15) is 23.7 Å². The standard InChI is InChI=1S/C17H23F2N3O4/c1-11-10-20(7-8-21(11)16(23)26-17(2,3)4)14-6-5-12(22(24)25)9-13(14)15(18)19/h5-6,9,11,15H,7-8,10H2,1-4H3/t11-/m1/s1. The minimum absolute atomic E-state index is 0.251. The first kappa shape index (κ1) is 19.9. The molecule has 0 aliphatic carbocycles. The van der Waals surface area contributed by atoms with Gasteiger partial charge in [0.2, 0.25) is 0 Å². The summed E-state index contributed by atoms with van der Waals surface area (Å²) in [5.74, 6) is 0. The molecule has 26 heavy (non-hydrogen) atoms. The minimum Gasteiger partial charge on any atom is -0.444 e. The third kappa shape index (κ3) is 4.59. The summed E-state index contributed by atoms with van der Waals surface area (Å²) in [7, 11) is 0. The van der Waals surface area contributed by atoms with Crippen LogP contribution in [0, 0.1) is 10.1 Å². The van der Waals surface area contributed by atoms with E-state index < -0.39 is 23.0 Å². The van der Waals surface area contributed by atoms with Crippen molar-refractivity contribution in [1.82, 2.24) is 4.90 Å². The lowest BCUT2D eigenvalue weighted by molar-refractivity contribution is -0.385. The van der Waals surface area contributed by atoms with E-state index in [-0.39, 0.29) is 23.0 Å². The Kier molecular flexibility index (Phi) is 5.68. The van der Waals surface area contributed by atoms with Crippen LogP contribution in [0.1, 0.15) is 39.7 Å². The van der Waals surface area contributed by atoms with Crippen molar-refractivity contribution in [2.75, 3.05) is 24.5 Å². The van der Waals surface area contributed by atoms with E-state index in [1.165, 1.54) is 12.1 Å². The Balaban J connectivity index is 2.18. The number of nitro benzene ring substituents is 1. The van der Waals surface area contributed by atoms with Gasteiger partial charge in [-0.1, -0.05) is 0 Å². The summed E-state index contributed by atoms with van der Waals surface area (Å²) in [6.45, 7) is 8.12. The molecule has 1 saturated heterocycles. The van der Waals surface area contributed by atoms with Crippen LogP contribution in [-0.4, -0.2) is 47.2 Å². The van der Waals surface area contributed by atoms with Gasteiger partial charge in [-0.2, -0.15) is 0 Å². The van der Waals surface area contributed by atoms with Gasteiger partial charge < -0.3 is 14.5 Å². The topological polar surface area (TPSA) is 75.9 Å². The van der Waals surface area contributed by atoms with Gasteiger partial charge in [-0.15, -0.1) is 0 Å². The van der Waals surface area contributed by atoms with Gasteiger partial charge >= 0.3 is 6.09 Å². The number of anilines is 1. The lowest BCUT2D eigenvalue weighted by atomic mass is 10.1. The smallest absolute Gasteiger partial charge is 0.410 e. The molecule has 0 bridgehead atoms. The van der Waals surface area contributed by atoms with E-state index in [1.807, 2.05) is 6.92 Å². The van der Waals surface area contributed by atoms with Crippen molar-refractivity contribution in [1.29, 1.82) is 0 Å². The van der Waals surface area contributed by atoms with Crippen molar-refractivity contribution in [2.24, 2.45) is 0 Å². The molecule has 1 aromatic carbocycles. The number of amides is 1. The SMILES string of the molecule is C[C@@H]1CN(c2ccc([N+](=O)[O-])cc2C(F)F)CCN1C(=O)OC(C)(C)C. The number of benzene rings is 1. The molecule has 9 heteroatoms. The van der Waals surface area contributed by atoms with Crippen molar-refractivity contribution in [2.45, 2.75) is 45.8 Å². The van der Waals surface area contributed by atoms with Crippen LogP contribution in [0.2, 0.25) is 0 Å². The van der Waals surface area contributed by atoms with E-state index in [2.05, 4.69) is 0 Å². The number of hydrogen-bond donors (Lipinski definition) is 0. The van der Waals surface area contributed by atoms with E-state index in [0.717, 1.165) is 6.07 Å². The second-order valence-corrected chi connectivity index (χ2v) is 7.27. The van der Waals surface area contributed by atoms with Crippen LogP contribution >= 0.6 is 0 Å². The van der Waals surface area contributed by atoms with Crippen molar-refractivity contribution in [3.05, 3.63) is 33.9 Å². The Bertz CT molecular complexity index is 691. The van der Waals surface area contributed by atoms with Gasteiger partial charge in [0.1, 0.15) is 5.60 Å². The highest BCUT2D eigenvalue weighted by Gasteiger charge is 2.32. The lowest BCUT2D eigenvalue weighted by Crippen LogP contribution is -2.55. The van der Waals surface area contributed by atoms with Crippen molar-refractivity contribution in [3.63, 3.8) is 0 Å². The number of ether oxygens (including phenoxy) is 1. The maximum Gasteiger partial charge on any atom is 0.410 e. The summed E-state index contributed by atoms with van der Waals surface area (Å²) in [6.07, 6.45) is -3.27. The Morgan fingerprint density at radius 2 is 2.00 bits per heavy atom. The van der Waals surface area contributed by atoms with Gasteiger partial charge in [0.25, 0.3) is 12.1 Å². The number of nitrogens with zero attached hydrogens (tertiary/aromatic N) is 3. The largest absolute Gasteiger partial charge is 0.444 e. The lowest BCUT2D eigenvalue weighted by Gasteiger charge is -2.41. The van der Waals surface area contributed by atoms with Gasteiger partial charge in [-0.3, -0.25) is 10.1 Å². The Morgan fingerprint density at radius 3 is 2.50 bits per heavy atom. The van der Waals surface area contributed by atoms with Crippen LogP contribution in [-0.2, 0) is 4.74 Å². The number of halogens is 2. The Morgan fingerprint density at radius 1 is 1.35 bits per heavy atom. The first-order chi connectivity index (χ1) is 12.0. The molecule has 0 saturated carbocycles. The third-order valence-electron chi connectivity index (χ3n) is 4.05. The molecule has 0 N–H and O–H groups in total. The zero-order chi connectivity index (χ0) is 19.6. The van der Waals surface area contributed by atoms with Gasteiger partial charge in [0.15, 0.2) is 0 Å². The first-order valence-electron chi connectivity index (χ1n) is 8.30. The molecule has 1 aromatic rings. The van der Waals surface area contributed by atoms with Crippen LogP contribution in [0.3, 0.4) is 0 Å². The number of hydrogen-bond acceptors (Lipinski definition) is 5. The first-order valence-corrected chi connectivity index (χ1v) is 8.30. The van der Waals surface area contributed by atoms with Crippen LogP contribution in [0.25, 0.3) is 0 Å². The molecule has 1 fully saturated rings. The van der Waals surface area contributed by atoms with E-state index in [1.54, 1.807) is 30.6 Å². The van der Waals surface area contributed by atoms with Crippen LogP contribution < -0.4 is 4.90 Å². The highest BCUT2D eigenvalue weighted by Crippen LogP contribution is 2.34. The van der Waals surface area contributed by atoms with Crippen molar-refractivity contribution < 1.29 is 23.2 Å². The molecule has 1 amide bonds. The van der Waals surface area contributed by atoms with Gasteiger partial charge in [0.05, 0.1) is 4.92 Å². The quantitative estimate of drug-likeness (QED) is 0.593. The summed E-state index contributed by atoms with van der Waals surface area (Å²) in [6, 6.07) is 3.21. The normalized spacial score (nSPS) is 18.2. The van der Waals surface area contributed by atoms with Crippen LogP contribution in [0.15, 0.2) is 18.2 Å².